The summed E-state index contributed by atoms with van der Waals surface area (Å²) in [5.74, 6) is -1.45. The highest BCUT2D eigenvalue weighted by atomic mass is 16.6. The van der Waals surface area contributed by atoms with Crippen molar-refractivity contribution in [2.75, 3.05) is 6.61 Å². The van der Waals surface area contributed by atoms with Crippen LogP contribution in [0, 0.1) is 13.8 Å². The van der Waals surface area contributed by atoms with Gasteiger partial charge in [-0.2, -0.15) is 5.10 Å². The Hall–Kier alpha value is -2.47. The molecule has 2 rings (SSSR count). The van der Waals surface area contributed by atoms with E-state index in [1.807, 2.05) is 30.3 Å². The van der Waals surface area contributed by atoms with Crippen molar-refractivity contribution < 1.29 is 14.4 Å². The third-order valence-electron chi connectivity index (χ3n) is 3.03. The fourth-order valence-corrected chi connectivity index (χ4v) is 2.09. The van der Waals surface area contributed by atoms with Gasteiger partial charge in [-0.25, -0.2) is 10.2 Å². The van der Waals surface area contributed by atoms with Crippen molar-refractivity contribution in [3.63, 3.8) is 0 Å². The van der Waals surface area contributed by atoms with Crippen molar-refractivity contribution in [2.24, 2.45) is 0 Å². The van der Waals surface area contributed by atoms with E-state index in [4.69, 9.17) is 4.84 Å². The van der Waals surface area contributed by atoms with Gasteiger partial charge in [0.15, 0.2) is 0 Å². The molecule has 1 aromatic carbocycles. The Balaban J connectivity index is 2.36. The van der Waals surface area contributed by atoms with Crippen LogP contribution in [-0.2, 0) is 9.63 Å². The second-order valence-electron chi connectivity index (χ2n) is 4.49. The van der Waals surface area contributed by atoms with Gasteiger partial charge >= 0.3 is 5.91 Å². The number of rotatable bonds is 5. The van der Waals surface area contributed by atoms with Gasteiger partial charge in [-0.3, -0.25) is 14.4 Å². The van der Waals surface area contributed by atoms with Gasteiger partial charge in [-0.15, -0.1) is 0 Å². The third-order valence-corrected chi connectivity index (χ3v) is 3.03. The smallest absolute Gasteiger partial charge is 0.283 e. The summed E-state index contributed by atoms with van der Waals surface area (Å²) in [5.41, 5.74) is 4.37. The van der Waals surface area contributed by atoms with Crippen LogP contribution in [0.1, 0.15) is 28.7 Å². The predicted molar refractivity (Wildman–Crippen MR) is 77.1 cm³/mol. The molecule has 6 nitrogen and oxygen atoms in total. The maximum absolute atomic E-state index is 12.2. The monoisotopic (exact) mass is 287 g/mol. The highest BCUT2D eigenvalue weighted by Crippen LogP contribution is 2.18. The summed E-state index contributed by atoms with van der Waals surface area (Å²) >= 11 is 0. The molecule has 0 unspecified atom stereocenters. The third kappa shape index (κ3) is 3.00. The van der Waals surface area contributed by atoms with Crippen molar-refractivity contribution in [1.29, 1.82) is 0 Å². The summed E-state index contributed by atoms with van der Waals surface area (Å²) in [4.78, 5) is 28.7. The number of hydrogen-bond donors (Lipinski definition) is 1. The van der Waals surface area contributed by atoms with Gasteiger partial charge in [-0.1, -0.05) is 18.2 Å². The molecule has 0 fully saturated rings. The van der Waals surface area contributed by atoms with E-state index < -0.39 is 11.7 Å². The van der Waals surface area contributed by atoms with Crippen LogP contribution in [0.3, 0.4) is 0 Å². The molecule has 0 radical (unpaired) electrons. The molecule has 0 saturated heterocycles. The van der Waals surface area contributed by atoms with Crippen molar-refractivity contribution in [1.82, 2.24) is 15.3 Å². The molecule has 110 valence electrons. The Labute approximate surface area is 122 Å². The van der Waals surface area contributed by atoms with Crippen LogP contribution in [0.5, 0.6) is 0 Å². The van der Waals surface area contributed by atoms with Gasteiger partial charge in [-0.05, 0) is 32.9 Å². The van der Waals surface area contributed by atoms with E-state index in [0.717, 1.165) is 5.69 Å². The SMILES string of the molecule is CCONC(=O)C(=O)c1c(C)nn(-c2ccccc2)c1C. The highest BCUT2D eigenvalue weighted by Gasteiger charge is 2.25. The minimum absolute atomic E-state index is 0.292. The summed E-state index contributed by atoms with van der Waals surface area (Å²) in [7, 11) is 0. The van der Waals surface area contributed by atoms with E-state index in [1.165, 1.54) is 0 Å². The number of benzene rings is 1. The second kappa shape index (κ2) is 6.32. The number of carbonyl (C=O) groups is 2. The van der Waals surface area contributed by atoms with Gasteiger partial charge in [0, 0.05) is 0 Å². The van der Waals surface area contributed by atoms with Crippen LogP contribution in [-0.4, -0.2) is 28.1 Å². The molecule has 6 heteroatoms. The first kappa shape index (κ1) is 14.9. The number of aromatic nitrogens is 2. The maximum atomic E-state index is 12.2. The van der Waals surface area contributed by atoms with Gasteiger partial charge in [0.2, 0.25) is 0 Å². The number of amides is 1. The molecular weight excluding hydrogens is 270 g/mol. The Kier molecular flexibility index (Phi) is 4.49. The molecule has 1 aromatic heterocycles. The van der Waals surface area contributed by atoms with Gasteiger partial charge in [0.05, 0.1) is 29.2 Å². The standard InChI is InChI=1S/C15H17N3O3/c1-4-21-17-15(20)14(19)13-10(2)16-18(11(13)3)12-8-6-5-7-9-12/h5-9H,4H2,1-3H3,(H,17,20). The summed E-state index contributed by atoms with van der Waals surface area (Å²) in [6.45, 7) is 5.47. The van der Waals surface area contributed by atoms with Crippen molar-refractivity contribution in [3.8, 4) is 5.69 Å². The van der Waals surface area contributed by atoms with Crippen LogP contribution in [0.2, 0.25) is 0 Å². The van der Waals surface area contributed by atoms with Crippen molar-refractivity contribution in [2.45, 2.75) is 20.8 Å². The fraction of sp³-hybridized carbons (Fsp3) is 0.267. The summed E-state index contributed by atoms with van der Waals surface area (Å²) in [5, 5.41) is 4.34. The first-order valence-corrected chi connectivity index (χ1v) is 6.64. The molecule has 0 spiro atoms. The number of hydrogen-bond acceptors (Lipinski definition) is 4. The van der Waals surface area contributed by atoms with Crippen molar-refractivity contribution >= 4 is 11.7 Å². The number of carbonyl (C=O) groups excluding carboxylic acids is 2. The van der Waals surface area contributed by atoms with Crippen LogP contribution < -0.4 is 5.48 Å². The molecule has 1 heterocycles. The lowest BCUT2D eigenvalue weighted by Gasteiger charge is -2.05. The molecule has 0 bridgehead atoms. The summed E-state index contributed by atoms with van der Waals surface area (Å²) in [6.07, 6.45) is 0. The minimum Gasteiger partial charge on any atom is -0.283 e. The average Bonchev–Trinajstić information content (AvgIpc) is 2.80. The fourth-order valence-electron chi connectivity index (χ4n) is 2.09. The molecule has 0 atom stereocenters. The zero-order valence-electron chi connectivity index (χ0n) is 12.2. The van der Waals surface area contributed by atoms with E-state index in [-0.39, 0.29) is 0 Å². The number of hydroxylamine groups is 1. The molecule has 2 aromatic rings. The Morgan fingerprint density at radius 1 is 1.24 bits per heavy atom. The van der Waals surface area contributed by atoms with E-state index >= 15 is 0 Å². The quantitative estimate of drug-likeness (QED) is 0.516. The lowest BCUT2D eigenvalue weighted by atomic mass is 10.1. The van der Waals surface area contributed by atoms with Gasteiger partial charge < -0.3 is 0 Å². The summed E-state index contributed by atoms with van der Waals surface area (Å²) < 4.78 is 1.65. The number of para-hydroxylation sites is 1. The minimum atomic E-state index is -0.796. The Bertz CT molecular complexity index is 662. The first-order chi connectivity index (χ1) is 10.1. The number of ketones is 1. The molecule has 0 aliphatic rings. The molecule has 0 saturated carbocycles. The number of aryl methyl sites for hydroxylation is 1. The lowest BCUT2D eigenvalue weighted by Crippen LogP contribution is -2.31. The van der Waals surface area contributed by atoms with Crippen LogP contribution >= 0.6 is 0 Å². The summed E-state index contributed by atoms with van der Waals surface area (Å²) in [6, 6.07) is 9.43. The molecule has 0 aliphatic carbocycles. The highest BCUT2D eigenvalue weighted by molar-refractivity contribution is 6.43. The Morgan fingerprint density at radius 3 is 2.52 bits per heavy atom. The predicted octanol–water partition coefficient (Wildman–Crippen LogP) is 1.74. The van der Waals surface area contributed by atoms with Crippen LogP contribution in [0.25, 0.3) is 5.69 Å². The first-order valence-electron chi connectivity index (χ1n) is 6.64. The maximum Gasteiger partial charge on any atom is 0.316 e. The lowest BCUT2D eigenvalue weighted by molar-refractivity contribution is -0.128. The second-order valence-corrected chi connectivity index (χ2v) is 4.49. The normalized spacial score (nSPS) is 10.4. The zero-order valence-corrected chi connectivity index (χ0v) is 12.2. The van der Waals surface area contributed by atoms with Crippen molar-refractivity contribution in [3.05, 3.63) is 47.3 Å². The van der Waals surface area contributed by atoms with E-state index in [1.54, 1.807) is 25.5 Å². The number of nitrogens with zero attached hydrogens (tertiary/aromatic N) is 2. The van der Waals surface area contributed by atoms with E-state index in [0.29, 0.717) is 23.6 Å². The number of nitrogens with one attached hydrogen (secondary N) is 1. The largest absolute Gasteiger partial charge is 0.316 e. The Morgan fingerprint density at radius 2 is 1.90 bits per heavy atom. The average molecular weight is 287 g/mol. The van der Waals surface area contributed by atoms with Crippen LogP contribution in [0.4, 0.5) is 0 Å². The molecular formula is C15H17N3O3. The molecule has 0 aliphatic heterocycles. The van der Waals surface area contributed by atoms with Gasteiger partial charge in [0.1, 0.15) is 0 Å². The van der Waals surface area contributed by atoms with Crippen LogP contribution in [0.15, 0.2) is 30.3 Å². The molecule has 1 amide bonds. The number of Topliss-reactive ketones (excluding diaryl/α,β-unsaturated/α-hetero) is 1. The van der Waals surface area contributed by atoms with E-state index in [2.05, 4.69) is 10.6 Å². The zero-order chi connectivity index (χ0) is 15.4. The van der Waals surface area contributed by atoms with Gasteiger partial charge in [0.25, 0.3) is 5.78 Å². The topological polar surface area (TPSA) is 73.2 Å². The molecule has 1 N–H and O–H groups in total. The van der Waals surface area contributed by atoms with E-state index in [9.17, 15) is 9.59 Å². The molecule has 21 heavy (non-hydrogen) atoms.